The number of aliphatic hydroxyl groups excluding tert-OH is 1. The molecule has 1 aromatic carbocycles. The first-order valence-electron chi connectivity index (χ1n) is 6.51. The first-order valence-corrected chi connectivity index (χ1v) is 9.39. The van der Waals surface area contributed by atoms with Crippen molar-refractivity contribution in [2.24, 2.45) is 0 Å². The lowest BCUT2D eigenvalue weighted by molar-refractivity contribution is 0.311. The normalized spacial score (nSPS) is 12.0. The summed E-state index contributed by atoms with van der Waals surface area (Å²) in [6, 6.07) is 2.40. The van der Waals surface area contributed by atoms with Crippen LogP contribution in [0.1, 0.15) is 0 Å². The second-order valence-electron chi connectivity index (χ2n) is 4.52. The van der Waals surface area contributed by atoms with Crippen LogP contribution in [0, 0.1) is 0 Å². The van der Waals surface area contributed by atoms with Crippen molar-refractivity contribution in [3.05, 3.63) is 24.5 Å². The second kappa shape index (κ2) is 7.24. The summed E-state index contributed by atoms with van der Waals surface area (Å²) >= 11 is 0. The average Bonchev–Trinajstić information content (AvgIpc) is 2.51. The molecule has 0 unspecified atom stereocenters. The van der Waals surface area contributed by atoms with Crippen molar-refractivity contribution in [2.45, 2.75) is 9.79 Å². The van der Waals surface area contributed by atoms with E-state index >= 15 is 0 Å². The number of nitrogens with zero attached hydrogens (tertiary/aromatic N) is 3. The van der Waals surface area contributed by atoms with Crippen molar-refractivity contribution < 1.29 is 31.0 Å². The maximum atomic E-state index is 11.4. The summed E-state index contributed by atoms with van der Waals surface area (Å²) in [4.78, 5) is 10.1. The van der Waals surface area contributed by atoms with Crippen LogP contribution in [0.15, 0.2) is 34.3 Å². The molecule has 1 heterocycles. The van der Waals surface area contributed by atoms with Crippen molar-refractivity contribution in [1.82, 2.24) is 15.0 Å². The Morgan fingerprint density at radius 2 is 1.68 bits per heavy atom. The molecule has 2 aromatic rings. The predicted octanol–water partition coefficient (Wildman–Crippen LogP) is -0.487. The van der Waals surface area contributed by atoms with Gasteiger partial charge in [-0.15, -0.1) is 0 Å². The van der Waals surface area contributed by atoms with Gasteiger partial charge in [-0.3, -0.25) is 9.11 Å². The molecule has 0 aliphatic heterocycles. The molecule has 136 valence electrons. The topological polar surface area (TPSA) is 192 Å². The third-order valence-corrected chi connectivity index (χ3v) is 4.50. The fourth-order valence-electron chi connectivity index (χ4n) is 1.72. The minimum atomic E-state index is -4.70. The molecule has 0 spiro atoms. The van der Waals surface area contributed by atoms with Crippen LogP contribution in [0.25, 0.3) is 0 Å². The van der Waals surface area contributed by atoms with E-state index in [1.54, 1.807) is 0 Å². The number of aliphatic hydroxyl groups is 1. The third kappa shape index (κ3) is 5.04. The number of aromatic nitrogens is 3. The molecule has 14 heteroatoms. The van der Waals surface area contributed by atoms with Crippen LogP contribution >= 0.6 is 0 Å². The molecule has 0 amide bonds. The summed E-state index contributed by atoms with van der Waals surface area (Å²) in [5.74, 6) is -0.112. The van der Waals surface area contributed by atoms with Gasteiger partial charge >= 0.3 is 0 Å². The van der Waals surface area contributed by atoms with E-state index in [0.717, 1.165) is 24.5 Å². The Hall–Kier alpha value is -2.39. The van der Waals surface area contributed by atoms with Gasteiger partial charge in [0.25, 0.3) is 20.2 Å². The van der Waals surface area contributed by atoms with E-state index in [1.165, 1.54) is 0 Å². The number of hydrogen-bond acceptors (Lipinski definition) is 10. The maximum absolute atomic E-state index is 11.4. The molecule has 0 radical (unpaired) electrons. The number of nitrogens with one attached hydrogen (secondary N) is 2. The van der Waals surface area contributed by atoms with Gasteiger partial charge in [-0.2, -0.15) is 21.8 Å². The van der Waals surface area contributed by atoms with Crippen molar-refractivity contribution in [3.63, 3.8) is 0 Å². The van der Waals surface area contributed by atoms with Crippen LogP contribution in [0.5, 0.6) is 0 Å². The van der Waals surface area contributed by atoms with Gasteiger partial charge in [0.1, 0.15) is 11.2 Å². The first-order chi connectivity index (χ1) is 11.6. The lowest BCUT2D eigenvalue weighted by Crippen LogP contribution is -2.11. The van der Waals surface area contributed by atoms with Crippen molar-refractivity contribution in [3.8, 4) is 0 Å². The molecule has 0 saturated carbocycles. The molecule has 0 saturated heterocycles. The monoisotopic (exact) mass is 391 g/mol. The highest BCUT2D eigenvalue weighted by Crippen LogP contribution is 2.27. The SMILES string of the molecule is O=S(=O)(O)c1ccc(S(=O)(=O)O)c(Nc2ncnc(NCCO)n2)c1. The van der Waals surface area contributed by atoms with Crippen molar-refractivity contribution in [2.75, 3.05) is 23.8 Å². The summed E-state index contributed by atoms with van der Waals surface area (Å²) in [5, 5.41) is 13.8. The van der Waals surface area contributed by atoms with E-state index in [9.17, 15) is 21.4 Å². The fraction of sp³-hybridized carbons (Fsp3) is 0.182. The highest BCUT2D eigenvalue weighted by Gasteiger charge is 2.20. The molecule has 1 aromatic heterocycles. The molecular weight excluding hydrogens is 378 g/mol. The van der Waals surface area contributed by atoms with E-state index in [4.69, 9.17) is 9.66 Å². The quantitative estimate of drug-likeness (QED) is 0.381. The van der Waals surface area contributed by atoms with Crippen LogP contribution in [0.2, 0.25) is 0 Å². The highest BCUT2D eigenvalue weighted by molar-refractivity contribution is 7.86. The Bertz CT molecular complexity index is 978. The zero-order valence-electron chi connectivity index (χ0n) is 12.4. The molecule has 25 heavy (non-hydrogen) atoms. The maximum Gasteiger partial charge on any atom is 0.296 e. The summed E-state index contributed by atoms with van der Waals surface area (Å²) in [7, 11) is -9.31. The molecule has 0 aliphatic rings. The number of hydrogen-bond donors (Lipinski definition) is 5. The fourth-order valence-corrected chi connectivity index (χ4v) is 2.86. The number of rotatable bonds is 7. The van der Waals surface area contributed by atoms with E-state index in [-0.39, 0.29) is 30.7 Å². The van der Waals surface area contributed by atoms with E-state index in [0.29, 0.717) is 0 Å². The number of benzene rings is 1. The Morgan fingerprint density at radius 3 is 2.28 bits per heavy atom. The third-order valence-electron chi connectivity index (χ3n) is 2.74. The van der Waals surface area contributed by atoms with Crippen molar-refractivity contribution in [1.29, 1.82) is 0 Å². The van der Waals surface area contributed by atoms with Crippen LogP contribution in [-0.4, -0.2) is 59.2 Å². The molecule has 12 nitrogen and oxygen atoms in total. The Labute approximate surface area is 142 Å². The average molecular weight is 391 g/mol. The smallest absolute Gasteiger partial charge is 0.296 e. The van der Waals surface area contributed by atoms with E-state index < -0.39 is 30.0 Å². The number of anilines is 3. The molecule has 0 atom stereocenters. The lowest BCUT2D eigenvalue weighted by Gasteiger charge is -2.11. The molecule has 2 rings (SSSR count). The molecule has 0 bridgehead atoms. The van der Waals surface area contributed by atoms with Gasteiger partial charge in [0.15, 0.2) is 0 Å². The minimum Gasteiger partial charge on any atom is -0.395 e. The minimum absolute atomic E-state index is 0.0610. The molecule has 5 N–H and O–H groups in total. The standard InChI is InChI=1S/C11H13N5O7S2/c17-4-3-12-10-13-6-14-11(16-10)15-8-5-7(24(18,19)20)1-2-9(8)25(21,22)23/h1-2,5-6,17H,3-4H2,(H,18,19,20)(H,21,22,23)(H2,12,13,14,15,16). The van der Waals surface area contributed by atoms with Crippen LogP contribution < -0.4 is 10.6 Å². The van der Waals surface area contributed by atoms with Gasteiger partial charge < -0.3 is 15.7 Å². The Balaban J connectivity index is 2.46. The summed E-state index contributed by atoms with van der Waals surface area (Å²) < 4.78 is 63.6. The van der Waals surface area contributed by atoms with E-state index in [1.807, 2.05) is 0 Å². The lowest BCUT2D eigenvalue weighted by atomic mass is 10.3. The first kappa shape index (κ1) is 18.9. The van der Waals surface area contributed by atoms with Gasteiger partial charge in [-0.05, 0) is 18.2 Å². The highest BCUT2D eigenvalue weighted by atomic mass is 32.2. The Kier molecular flexibility index (Phi) is 5.48. The van der Waals surface area contributed by atoms with Crippen LogP contribution in [0.4, 0.5) is 17.6 Å². The van der Waals surface area contributed by atoms with Crippen LogP contribution in [0.3, 0.4) is 0 Å². The van der Waals surface area contributed by atoms with E-state index in [2.05, 4.69) is 25.6 Å². The zero-order valence-corrected chi connectivity index (χ0v) is 14.0. The molecule has 0 aliphatic carbocycles. The van der Waals surface area contributed by atoms with Gasteiger partial charge in [0.05, 0.1) is 17.2 Å². The molecule has 0 fully saturated rings. The predicted molar refractivity (Wildman–Crippen MR) is 84.8 cm³/mol. The van der Waals surface area contributed by atoms with Gasteiger partial charge in [0.2, 0.25) is 11.9 Å². The second-order valence-corrected chi connectivity index (χ2v) is 7.33. The van der Waals surface area contributed by atoms with Gasteiger partial charge in [-0.25, -0.2) is 9.97 Å². The molecular formula is C11H13N5O7S2. The van der Waals surface area contributed by atoms with Gasteiger partial charge in [0, 0.05) is 6.54 Å². The van der Waals surface area contributed by atoms with Crippen molar-refractivity contribution >= 4 is 37.8 Å². The Morgan fingerprint density at radius 1 is 1.00 bits per heavy atom. The summed E-state index contributed by atoms with van der Waals surface area (Å²) in [5.41, 5.74) is -0.378. The zero-order chi connectivity index (χ0) is 18.7. The summed E-state index contributed by atoms with van der Waals surface area (Å²) in [6.45, 7) is -0.0320. The van der Waals surface area contributed by atoms with Gasteiger partial charge in [-0.1, -0.05) is 0 Å². The largest absolute Gasteiger partial charge is 0.395 e. The van der Waals surface area contributed by atoms with Crippen LogP contribution in [-0.2, 0) is 20.2 Å². The summed E-state index contributed by atoms with van der Waals surface area (Å²) in [6.07, 6.45) is 1.08.